The van der Waals surface area contributed by atoms with Gasteiger partial charge in [-0.05, 0) is 28.4 Å². The summed E-state index contributed by atoms with van der Waals surface area (Å²) in [7, 11) is 0. The lowest BCUT2D eigenvalue weighted by Gasteiger charge is -2.11. The van der Waals surface area contributed by atoms with E-state index < -0.39 is 0 Å². The molecule has 2 rings (SSSR count). The van der Waals surface area contributed by atoms with E-state index >= 15 is 0 Å². The Bertz CT molecular complexity index is 544. The van der Waals surface area contributed by atoms with Gasteiger partial charge >= 0.3 is 0 Å². The summed E-state index contributed by atoms with van der Waals surface area (Å²) >= 11 is 4.91. The van der Waals surface area contributed by atoms with Gasteiger partial charge in [-0.1, -0.05) is 30.3 Å². The molecule has 1 atom stereocenters. The molecule has 0 fully saturated rings. The predicted octanol–water partition coefficient (Wildman–Crippen LogP) is 3.43. The summed E-state index contributed by atoms with van der Waals surface area (Å²) in [6.45, 7) is 1.90. The maximum absolute atomic E-state index is 12.0. The van der Waals surface area contributed by atoms with Crippen LogP contribution in [0.1, 0.15) is 12.5 Å². The number of rotatable bonds is 5. The lowest BCUT2D eigenvalue weighted by molar-refractivity contribution is -0.115. The molecule has 0 radical (unpaired) electrons. The predicted molar refractivity (Wildman–Crippen MR) is 82.1 cm³/mol. The number of nitrogens with one attached hydrogen (secondary N) is 2. The molecular weight excluding hydrogens is 326 g/mol. The van der Waals surface area contributed by atoms with Crippen molar-refractivity contribution in [2.75, 3.05) is 5.32 Å². The fourth-order valence-corrected chi connectivity index (χ4v) is 2.59. The van der Waals surface area contributed by atoms with E-state index in [4.69, 9.17) is 0 Å². The Hall–Kier alpha value is -1.27. The van der Waals surface area contributed by atoms with E-state index in [1.807, 2.05) is 25.1 Å². The molecule has 0 bridgehead atoms. The van der Waals surface area contributed by atoms with Crippen LogP contribution in [0.4, 0.5) is 5.82 Å². The summed E-state index contributed by atoms with van der Waals surface area (Å²) in [5, 5.41) is 9.23. The molecular formula is C13H14BrN3OS. The van der Waals surface area contributed by atoms with Crippen molar-refractivity contribution in [1.82, 2.24) is 10.2 Å². The number of thioether (sulfide) groups is 1. The van der Waals surface area contributed by atoms with E-state index in [2.05, 4.69) is 43.6 Å². The van der Waals surface area contributed by atoms with Gasteiger partial charge in [0.05, 0.1) is 15.9 Å². The molecule has 0 saturated carbocycles. The number of aromatic nitrogens is 2. The smallest absolute Gasteiger partial charge is 0.238 e. The van der Waals surface area contributed by atoms with Gasteiger partial charge in [-0.2, -0.15) is 5.10 Å². The van der Waals surface area contributed by atoms with E-state index in [1.165, 1.54) is 5.56 Å². The number of hydrogen-bond donors (Lipinski definition) is 2. The maximum Gasteiger partial charge on any atom is 0.238 e. The summed E-state index contributed by atoms with van der Waals surface area (Å²) in [4.78, 5) is 12.0. The molecule has 0 aliphatic carbocycles. The summed E-state index contributed by atoms with van der Waals surface area (Å²) in [6, 6.07) is 10.1. The average Bonchev–Trinajstić information content (AvgIpc) is 2.82. The van der Waals surface area contributed by atoms with Crippen molar-refractivity contribution in [2.45, 2.75) is 17.9 Å². The minimum Gasteiger partial charge on any atom is -0.309 e. The Morgan fingerprint density at radius 3 is 2.84 bits per heavy atom. The Labute approximate surface area is 124 Å². The number of carbonyl (C=O) groups excluding carboxylic acids is 1. The number of hydrogen-bond acceptors (Lipinski definition) is 3. The molecule has 4 nitrogen and oxygen atoms in total. The second-order valence-electron chi connectivity index (χ2n) is 4.02. The first-order valence-corrected chi connectivity index (χ1v) is 7.66. The van der Waals surface area contributed by atoms with Gasteiger partial charge < -0.3 is 5.32 Å². The second-order valence-corrected chi connectivity index (χ2v) is 6.20. The summed E-state index contributed by atoms with van der Waals surface area (Å²) in [6.07, 6.45) is 1.61. The number of aromatic amines is 1. The normalized spacial score (nSPS) is 12.1. The quantitative estimate of drug-likeness (QED) is 0.877. The van der Waals surface area contributed by atoms with Crippen LogP contribution in [0.5, 0.6) is 0 Å². The molecule has 1 aromatic heterocycles. The van der Waals surface area contributed by atoms with Crippen LogP contribution >= 0.6 is 27.7 Å². The molecule has 0 unspecified atom stereocenters. The van der Waals surface area contributed by atoms with Crippen LogP contribution in [0, 0.1) is 0 Å². The van der Waals surface area contributed by atoms with Crippen molar-refractivity contribution in [3.05, 3.63) is 46.6 Å². The SMILES string of the molecule is C[C@H](SCc1ccccc1)C(=O)Nc1[nH]ncc1Br. The van der Waals surface area contributed by atoms with Crippen LogP contribution in [0.25, 0.3) is 0 Å². The topological polar surface area (TPSA) is 57.8 Å². The number of H-pyrrole nitrogens is 1. The fourth-order valence-electron chi connectivity index (χ4n) is 1.46. The van der Waals surface area contributed by atoms with Crippen molar-refractivity contribution in [2.24, 2.45) is 0 Å². The number of nitrogens with zero attached hydrogens (tertiary/aromatic N) is 1. The van der Waals surface area contributed by atoms with Crippen molar-refractivity contribution in [3.8, 4) is 0 Å². The molecule has 0 aliphatic heterocycles. The molecule has 1 amide bonds. The zero-order valence-electron chi connectivity index (χ0n) is 10.4. The number of benzene rings is 1. The van der Waals surface area contributed by atoms with Crippen molar-refractivity contribution in [3.63, 3.8) is 0 Å². The van der Waals surface area contributed by atoms with Crippen LogP contribution < -0.4 is 5.32 Å². The monoisotopic (exact) mass is 339 g/mol. The minimum absolute atomic E-state index is 0.0362. The molecule has 2 aromatic rings. The lowest BCUT2D eigenvalue weighted by atomic mass is 10.2. The van der Waals surface area contributed by atoms with E-state index in [0.717, 1.165) is 10.2 Å². The first-order valence-electron chi connectivity index (χ1n) is 5.82. The Balaban J connectivity index is 1.84. The number of amides is 1. The van der Waals surface area contributed by atoms with Crippen molar-refractivity contribution >= 4 is 39.4 Å². The highest BCUT2D eigenvalue weighted by Gasteiger charge is 2.15. The van der Waals surface area contributed by atoms with E-state index in [0.29, 0.717) is 5.82 Å². The van der Waals surface area contributed by atoms with Gasteiger partial charge in [0.2, 0.25) is 5.91 Å². The summed E-state index contributed by atoms with van der Waals surface area (Å²) < 4.78 is 0.751. The van der Waals surface area contributed by atoms with Gasteiger partial charge in [-0.3, -0.25) is 9.89 Å². The minimum atomic E-state index is -0.129. The van der Waals surface area contributed by atoms with Crippen LogP contribution in [0.15, 0.2) is 41.0 Å². The maximum atomic E-state index is 12.0. The van der Waals surface area contributed by atoms with Crippen molar-refractivity contribution < 1.29 is 4.79 Å². The molecule has 0 spiro atoms. The largest absolute Gasteiger partial charge is 0.309 e. The third-order valence-electron chi connectivity index (χ3n) is 2.55. The number of halogens is 1. The average molecular weight is 340 g/mol. The van der Waals surface area contributed by atoms with Crippen LogP contribution in [0.3, 0.4) is 0 Å². The van der Waals surface area contributed by atoms with Gasteiger partial charge in [-0.25, -0.2) is 0 Å². The number of carbonyl (C=O) groups is 1. The standard InChI is InChI=1S/C13H14BrN3OS/c1-9(19-8-10-5-3-2-4-6-10)13(18)16-12-11(14)7-15-17-12/h2-7,9H,8H2,1H3,(H2,15,16,17,18)/t9-/m0/s1. The van der Waals surface area contributed by atoms with Gasteiger partial charge in [0, 0.05) is 5.75 Å². The second kappa shape index (κ2) is 6.77. The first-order chi connectivity index (χ1) is 9.16. The highest BCUT2D eigenvalue weighted by Crippen LogP contribution is 2.21. The Kier molecular flexibility index (Phi) is 5.04. The Morgan fingerprint density at radius 1 is 1.47 bits per heavy atom. The van der Waals surface area contributed by atoms with Gasteiger partial charge in [0.25, 0.3) is 0 Å². The third kappa shape index (κ3) is 4.11. The van der Waals surface area contributed by atoms with Crippen LogP contribution in [-0.4, -0.2) is 21.4 Å². The van der Waals surface area contributed by atoms with E-state index in [9.17, 15) is 4.79 Å². The van der Waals surface area contributed by atoms with Gasteiger partial charge in [-0.15, -0.1) is 11.8 Å². The van der Waals surface area contributed by atoms with Crippen molar-refractivity contribution in [1.29, 1.82) is 0 Å². The summed E-state index contributed by atoms with van der Waals surface area (Å²) in [5.74, 6) is 1.38. The number of anilines is 1. The molecule has 0 saturated heterocycles. The third-order valence-corrected chi connectivity index (χ3v) is 4.37. The van der Waals surface area contributed by atoms with E-state index in [1.54, 1.807) is 18.0 Å². The fraction of sp³-hybridized carbons (Fsp3) is 0.231. The zero-order valence-corrected chi connectivity index (χ0v) is 12.8. The molecule has 100 valence electrons. The first kappa shape index (κ1) is 14.1. The van der Waals surface area contributed by atoms with E-state index in [-0.39, 0.29) is 11.2 Å². The zero-order chi connectivity index (χ0) is 13.7. The molecule has 19 heavy (non-hydrogen) atoms. The molecule has 0 aliphatic rings. The Morgan fingerprint density at radius 2 is 2.21 bits per heavy atom. The molecule has 2 N–H and O–H groups in total. The van der Waals surface area contributed by atoms with Crippen LogP contribution in [-0.2, 0) is 10.5 Å². The molecule has 1 aromatic carbocycles. The molecule has 6 heteroatoms. The summed E-state index contributed by atoms with van der Waals surface area (Å²) in [5.41, 5.74) is 1.22. The van der Waals surface area contributed by atoms with Gasteiger partial charge in [0.15, 0.2) is 0 Å². The highest BCUT2D eigenvalue weighted by atomic mass is 79.9. The molecule has 1 heterocycles. The van der Waals surface area contributed by atoms with Crippen LogP contribution in [0.2, 0.25) is 0 Å². The lowest BCUT2D eigenvalue weighted by Crippen LogP contribution is -2.23. The highest BCUT2D eigenvalue weighted by molar-refractivity contribution is 9.10. The van der Waals surface area contributed by atoms with Gasteiger partial charge in [0.1, 0.15) is 5.82 Å².